The smallest absolute Gasteiger partial charge is 0.317 e. The SMILES string of the molecule is CCN(Cc1ccncc1)C(=O)NCC1(c2ccccc2)CCN(C)CC1. The lowest BCUT2D eigenvalue weighted by atomic mass is 9.72. The predicted octanol–water partition coefficient (Wildman–Crippen LogP) is 3.28. The Bertz CT molecular complexity index is 712. The van der Waals surface area contributed by atoms with Gasteiger partial charge < -0.3 is 15.1 Å². The van der Waals surface area contributed by atoms with Crippen LogP contribution < -0.4 is 5.32 Å². The molecule has 1 aromatic heterocycles. The van der Waals surface area contributed by atoms with E-state index in [-0.39, 0.29) is 11.4 Å². The topological polar surface area (TPSA) is 48.5 Å². The fourth-order valence-corrected chi connectivity index (χ4v) is 3.80. The van der Waals surface area contributed by atoms with Gasteiger partial charge in [-0.25, -0.2) is 4.79 Å². The quantitative estimate of drug-likeness (QED) is 0.853. The van der Waals surface area contributed by atoms with E-state index in [4.69, 9.17) is 0 Å². The summed E-state index contributed by atoms with van der Waals surface area (Å²) in [6.45, 7) is 6.08. The van der Waals surface area contributed by atoms with Crippen LogP contribution in [0.2, 0.25) is 0 Å². The number of urea groups is 1. The molecule has 1 aromatic carbocycles. The maximum Gasteiger partial charge on any atom is 0.317 e. The molecule has 3 rings (SSSR count). The summed E-state index contributed by atoms with van der Waals surface area (Å²) in [6.07, 6.45) is 5.66. The fraction of sp³-hybridized carbons (Fsp3) is 0.455. The van der Waals surface area contributed by atoms with E-state index in [2.05, 4.69) is 52.6 Å². The zero-order valence-electron chi connectivity index (χ0n) is 16.4. The number of carbonyl (C=O) groups excluding carboxylic acids is 1. The molecule has 27 heavy (non-hydrogen) atoms. The van der Waals surface area contributed by atoms with E-state index in [1.165, 1.54) is 5.56 Å². The Hall–Kier alpha value is -2.40. The van der Waals surface area contributed by atoms with Gasteiger partial charge in [0.1, 0.15) is 0 Å². The number of benzene rings is 1. The third-order valence-electron chi connectivity index (χ3n) is 5.70. The number of nitrogens with zero attached hydrogens (tertiary/aromatic N) is 3. The van der Waals surface area contributed by atoms with Crippen LogP contribution in [0.3, 0.4) is 0 Å². The van der Waals surface area contributed by atoms with Crippen molar-refractivity contribution >= 4 is 6.03 Å². The average molecular weight is 367 g/mol. The number of carbonyl (C=O) groups is 1. The summed E-state index contributed by atoms with van der Waals surface area (Å²) in [5.41, 5.74) is 2.44. The first kappa shape index (κ1) is 19.4. The second kappa shape index (κ2) is 9.00. The maximum absolute atomic E-state index is 12.8. The minimum Gasteiger partial charge on any atom is -0.337 e. The van der Waals surface area contributed by atoms with Gasteiger partial charge in [0, 0.05) is 37.4 Å². The largest absolute Gasteiger partial charge is 0.337 e. The van der Waals surface area contributed by atoms with Crippen molar-refractivity contribution in [2.24, 2.45) is 0 Å². The van der Waals surface area contributed by atoms with Gasteiger partial charge in [0.05, 0.1) is 0 Å². The van der Waals surface area contributed by atoms with Gasteiger partial charge in [-0.1, -0.05) is 30.3 Å². The van der Waals surface area contributed by atoms with Crippen LogP contribution in [0, 0.1) is 0 Å². The molecule has 1 fully saturated rings. The molecule has 0 saturated carbocycles. The standard InChI is InChI=1S/C22H30N4O/c1-3-26(17-19-9-13-23-14-10-19)21(27)24-18-22(11-15-25(2)16-12-22)20-7-5-4-6-8-20/h4-10,13-14H,3,11-12,15-18H2,1-2H3,(H,24,27). The first-order chi connectivity index (χ1) is 13.1. The van der Waals surface area contributed by atoms with Gasteiger partial charge in [-0.2, -0.15) is 0 Å². The Morgan fingerprint density at radius 1 is 1.15 bits per heavy atom. The van der Waals surface area contributed by atoms with Crippen molar-refractivity contribution in [1.29, 1.82) is 0 Å². The number of rotatable bonds is 6. The van der Waals surface area contributed by atoms with Crippen LogP contribution in [0.4, 0.5) is 4.79 Å². The van der Waals surface area contributed by atoms with Crippen LogP contribution in [0.1, 0.15) is 30.9 Å². The summed E-state index contributed by atoms with van der Waals surface area (Å²) in [5.74, 6) is 0. The summed E-state index contributed by atoms with van der Waals surface area (Å²) in [5, 5.41) is 3.23. The van der Waals surface area contributed by atoms with E-state index in [1.807, 2.05) is 24.0 Å². The lowest BCUT2D eigenvalue weighted by molar-refractivity contribution is 0.170. The first-order valence-electron chi connectivity index (χ1n) is 9.79. The van der Waals surface area contributed by atoms with Gasteiger partial charge in [-0.05, 0) is 63.2 Å². The summed E-state index contributed by atoms with van der Waals surface area (Å²) >= 11 is 0. The minimum absolute atomic E-state index is 0.00328. The highest BCUT2D eigenvalue weighted by atomic mass is 16.2. The van der Waals surface area contributed by atoms with Gasteiger partial charge in [-0.3, -0.25) is 4.98 Å². The molecule has 5 heteroatoms. The molecule has 0 unspecified atom stereocenters. The van der Waals surface area contributed by atoms with E-state index in [0.29, 0.717) is 19.6 Å². The zero-order chi connectivity index (χ0) is 19.1. The van der Waals surface area contributed by atoms with E-state index < -0.39 is 0 Å². The fourth-order valence-electron chi connectivity index (χ4n) is 3.80. The van der Waals surface area contributed by atoms with Gasteiger partial charge in [0.15, 0.2) is 0 Å². The third-order valence-corrected chi connectivity index (χ3v) is 5.70. The molecule has 1 N–H and O–H groups in total. The maximum atomic E-state index is 12.8. The predicted molar refractivity (Wildman–Crippen MR) is 109 cm³/mol. The lowest BCUT2D eigenvalue weighted by Crippen LogP contribution is -2.50. The molecule has 0 aliphatic carbocycles. The van der Waals surface area contributed by atoms with E-state index in [0.717, 1.165) is 31.5 Å². The number of pyridine rings is 1. The van der Waals surface area contributed by atoms with Crippen molar-refractivity contribution in [3.8, 4) is 0 Å². The number of piperidine rings is 1. The van der Waals surface area contributed by atoms with Crippen LogP contribution in [0.15, 0.2) is 54.9 Å². The van der Waals surface area contributed by atoms with Crippen molar-refractivity contribution in [2.45, 2.75) is 31.7 Å². The van der Waals surface area contributed by atoms with Crippen molar-refractivity contribution in [3.05, 3.63) is 66.0 Å². The summed E-state index contributed by atoms with van der Waals surface area (Å²) < 4.78 is 0. The Morgan fingerprint density at radius 2 is 1.81 bits per heavy atom. The number of nitrogens with one attached hydrogen (secondary N) is 1. The molecule has 1 saturated heterocycles. The van der Waals surface area contributed by atoms with E-state index >= 15 is 0 Å². The monoisotopic (exact) mass is 366 g/mol. The first-order valence-corrected chi connectivity index (χ1v) is 9.79. The molecule has 144 valence electrons. The van der Waals surface area contributed by atoms with Crippen molar-refractivity contribution < 1.29 is 4.79 Å². The molecule has 5 nitrogen and oxygen atoms in total. The zero-order valence-corrected chi connectivity index (χ0v) is 16.4. The highest BCUT2D eigenvalue weighted by molar-refractivity contribution is 5.74. The molecule has 0 atom stereocenters. The normalized spacial score (nSPS) is 16.7. The molecule has 1 aliphatic heterocycles. The van der Waals surface area contributed by atoms with Crippen LogP contribution >= 0.6 is 0 Å². The summed E-state index contributed by atoms with van der Waals surface area (Å²) in [7, 11) is 2.17. The number of amides is 2. The highest BCUT2D eigenvalue weighted by Gasteiger charge is 2.36. The Balaban J connectivity index is 1.68. The Kier molecular flexibility index (Phi) is 6.45. The molecule has 1 aliphatic rings. The van der Waals surface area contributed by atoms with E-state index in [9.17, 15) is 4.79 Å². The molecular formula is C22H30N4O. The average Bonchev–Trinajstić information content (AvgIpc) is 2.73. The van der Waals surface area contributed by atoms with E-state index in [1.54, 1.807) is 12.4 Å². The van der Waals surface area contributed by atoms with Crippen LogP contribution in [0.25, 0.3) is 0 Å². The number of aromatic nitrogens is 1. The van der Waals surface area contributed by atoms with Crippen LogP contribution in [-0.4, -0.2) is 54.0 Å². The summed E-state index contributed by atoms with van der Waals surface area (Å²) in [4.78, 5) is 21.1. The number of hydrogen-bond donors (Lipinski definition) is 1. The third kappa shape index (κ3) is 4.86. The number of hydrogen-bond acceptors (Lipinski definition) is 3. The molecule has 2 amide bonds. The molecule has 2 heterocycles. The highest BCUT2D eigenvalue weighted by Crippen LogP contribution is 2.34. The molecule has 0 radical (unpaired) electrons. The number of likely N-dealkylation sites (tertiary alicyclic amines) is 1. The Labute approximate surface area is 162 Å². The summed E-state index contributed by atoms with van der Waals surface area (Å²) in [6, 6.07) is 14.6. The second-order valence-electron chi connectivity index (χ2n) is 7.48. The van der Waals surface area contributed by atoms with Crippen molar-refractivity contribution in [1.82, 2.24) is 20.1 Å². The van der Waals surface area contributed by atoms with Crippen LogP contribution in [0.5, 0.6) is 0 Å². The molecule has 2 aromatic rings. The molecule has 0 spiro atoms. The second-order valence-corrected chi connectivity index (χ2v) is 7.48. The minimum atomic E-state index is 0.00328. The van der Waals surface area contributed by atoms with Gasteiger partial charge in [0.25, 0.3) is 0 Å². The van der Waals surface area contributed by atoms with Gasteiger partial charge in [-0.15, -0.1) is 0 Å². The van der Waals surface area contributed by atoms with Crippen molar-refractivity contribution in [3.63, 3.8) is 0 Å². The van der Waals surface area contributed by atoms with Crippen molar-refractivity contribution in [2.75, 3.05) is 33.2 Å². The van der Waals surface area contributed by atoms with Gasteiger partial charge >= 0.3 is 6.03 Å². The van der Waals surface area contributed by atoms with Crippen LogP contribution in [-0.2, 0) is 12.0 Å². The lowest BCUT2D eigenvalue weighted by Gasteiger charge is -2.41. The Morgan fingerprint density at radius 3 is 2.44 bits per heavy atom. The molecular weight excluding hydrogens is 336 g/mol. The van der Waals surface area contributed by atoms with Gasteiger partial charge in [0.2, 0.25) is 0 Å². The molecule has 0 bridgehead atoms.